The number of anilines is 1. The summed E-state index contributed by atoms with van der Waals surface area (Å²) < 4.78 is 5.91. The van der Waals surface area contributed by atoms with Gasteiger partial charge in [0, 0.05) is 13.1 Å². The van der Waals surface area contributed by atoms with E-state index in [1.807, 2.05) is 48.5 Å². The summed E-state index contributed by atoms with van der Waals surface area (Å²) in [6, 6.07) is 18.3. The Bertz CT molecular complexity index is 781. The van der Waals surface area contributed by atoms with Gasteiger partial charge in [-0.05, 0) is 36.2 Å². The second-order valence-corrected chi connectivity index (χ2v) is 5.55. The zero-order valence-electron chi connectivity index (χ0n) is 13.2. The van der Waals surface area contributed by atoms with Crippen LogP contribution in [0.5, 0.6) is 0 Å². The SMILES string of the molecule is CCCCN(Cc1ccc(C#N)cc1)c1nc2ccccc2o1. The van der Waals surface area contributed by atoms with E-state index in [0.29, 0.717) is 11.6 Å². The molecule has 0 saturated carbocycles. The molecule has 0 aliphatic carbocycles. The summed E-state index contributed by atoms with van der Waals surface area (Å²) in [4.78, 5) is 6.76. The minimum Gasteiger partial charge on any atom is -0.423 e. The minimum atomic E-state index is 0.656. The standard InChI is InChI=1S/C19H19N3O/c1-2-3-12-22(14-16-10-8-15(13-20)9-11-16)19-21-17-6-4-5-7-18(17)23-19/h4-11H,2-3,12,14H2,1H3. The molecule has 0 unspecified atom stereocenters. The highest BCUT2D eigenvalue weighted by molar-refractivity contribution is 5.74. The maximum Gasteiger partial charge on any atom is 0.298 e. The number of aromatic nitrogens is 1. The first-order valence-corrected chi connectivity index (χ1v) is 7.89. The molecule has 23 heavy (non-hydrogen) atoms. The van der Waals surface area contributed by atoms with E-state index >= 15 is 0 Å². The summed E-state index contributed by atoms with van der Waals surface area (Å²) in [7, 11) is 0. The molecule has 0 spiro atoms. The first-order valence-electron chi connectivity index (χ1n) is 7.89. The van der Waals surface area contributed by atoms with Crippen LogP contribution in [0.15, 0.2) is 52.9 Å². The molecular formula is C19H19N3O. The molecule has 3 rings (SSSR count). The Hall–Kier alpha value is -2.80. The van der Waals surface area contributed by atoms with Gasteiger partial charge >= 0.3 is 0 Å². The highest BCUT2D eigenvalue weighted by Gasteiger charge is 2.14. The molecule has 4 nitrogen and oxygen atoms in total. The van der Waals surface area contributed by atoms with E-state index in [1.165, 1.54) is 0 Å². The van der Waals surface area contributed by atoms with Crippen molar-refractivity contribution in [3.63, 3.8) is 0 Å². The van der Waals surface area contributed by atoms with Gasteiger partial charge in [0.25, 0.3) is 6.01 Å². The van der Waals surface area contributed by atoms with Gasteiger partial charge in [-0.25, -0.2) is 0 Å². The highest BCUT2D eigenvalue weighted by Crippen LogP contribution is 2.23. The number of nitriles is 1. The molecule has 3 aromatic rings. The van der Waals surface area contributed by atoms with Crippen LogP contribution in [0.1, 0.15) is 30.9 Å². The largest absolute Gasteiger partial charge is 0.423 e. The van der Waals surface area contributed by atoms with Crippen molar-refractivity contribution in [1.82, 2.24) is 4.98 Å². The number of nitrogens with zero attached hydrogens (tertiary/aromatic N) is 3. The van der Waals surface area contributed by atoms with Crippen molar-refractivity contribution in [2.24, 2.45) is 0 Å². The van der Waals surface area contributed by atoms with Crippen LogP contribution in [-0.4, -0.2) is 11.5 Å². The topological polar surface area (TPSA) is 53.1 Å². The van der Waals surface area contributed by atoms with Gasteiger partial charge in [0.2, 0.25) is 0 Å². The first-order chi connectivity index (χ1) is 11.3. The molecule has 0 radical (unpaired) electrons. The lowest BCUT2D eigenvalue weighted by molar-refractivity contribution is 0.556. The van der Waals surface area contributed by atoms with E-state index in [9.17, 15) is 0 Å². The van der Waals surface area contributed by atoms with Crippen LogP contribution >= 0.6 is 0 Å². The highest BCUT2D eigenvalue weighted by atomic mass is 16.4. The van der Waals surface area contributed by atoms with Crippen LogP contribution in [-0.2, 0) is 6.54 Å². The molecule has 0 amide bonds. The second-order valence-electron chi connectivity index (χ2n) is 5.55. The summed E-state index contributed by atoms with van der Waals surface area (Å²) in [6.07, 6.45) is 2.19. The van der Waals surface area contributed by atoms with E-state index < -0.39 is 0 Å². The van der Waals surface area contributed by atoms with Gasteiger partial charge in [-0.2, -0.15) is 10.2 Å². The van der Waals surface area contributed by atoms with Crippen LogP contribution in [0.2, 0.25) is 0 Å². The number of para-hydroxylation sites is 2. The number of oxazole rings is 1. The van der Waals surface area contributed by atoms with Gasteiger partial charge in [-0.3, -0.25) is 0 Å². The Balaban J connectivity index is 1.85. The normalized spacial score (nSPS) is 10.6. The fraction of sp³-hybridized carbons (Fsp3) is 0.263. The van der Waals surface area contributed by atoms with Crippen LogP contribution in [0.3, 0.4) is 0 Å². The van der Waals surface area contributed by atoms with Crippen molar-refractivity contribution in [2.75, 3.05) is 11.4 Å². The second kappa shape index (κ2) is 6.97. The zero-order valence-corrected chi connectivity index (χ0v) is 13.2. The van der Waals surface area contributed by atoms with Crippen molar-refractivity contribution in [1.29, 1.82) is 5.26 Å². The summed E-state index contributed by atoms with van der Waals surface area (Å²) >= 11 is 0. The van der Waals surface area contributed by atoms with Crippen LogP contribution in [0.4, 0.5) is 6.01 Å². The Morgan fingerprint density at radius 2 is 1.91 bits per heavy atom. The maximum absolute atomic E-state index is 8.90. The van der Waals surface area contributed by atoms with Crippen LogP contribution < -0.4 is 4.90 Å². The summed E-state index contributed by atoms with van der Waals surface area (Å²) in [5, 5.41) is 8.90. The number of unbranched alkanes of at least 4 members (excludes halogenated alkanes) is 1. The quantitative estimate of drug-likeness (QED) is 0.672. The molecule has 1 aromatic heterocycles. The lowest BCUT2D eigenvalue weighted by Gasteiger charge is -2.20. The fourth-order valence-corrected chi connectivity index (χ4v) is 2.49. The summed E-state index contributed by atoms with van der Waals surface area (Å²) in [5.74, 6) is 0. The van der Waals surface area contributed by atoms with Crippen LogP contribution in [0.25, 0.3) is 11.1 Å². The molecule has 116 valence electrons. The van der Waals surface area contributed by atoms with E-state index in [-0.39, 0.29) is 0 Å². The fourth-order valence-electron chi connectivity index (χ4n) is 2.49. The monoisotopic (exact) mass is 305 g/mol. The van der Waals surface area contributed by atoms with Crippen molar-refractivity contribution in [3.8, 4) is 6.07 Å². The van der Waals surface area contributed by atoms with Crippen molar-refractivity contribution >= 4 is 17.1 Å². The predicted octanol–water partition coefficient (Wildman–Crippen LogP) is 4.51. The molecule has 2 aromatic carbocycles. The number of rotatable bonds is 6. The molecule has 0 fully saturated rings. The molecule has 0 saturated heterocycles. The smallest absolute Gasteiger partial charge is 0.298 e. The predicted molar refractivity (Wildman–Crippen MR) is 91.1 cm³/mol. The van der Waals surface area contributed by atoms with Gasteiger partial charge in [0.15, 0.2) is 5.58 Å². The van der Waals surface area contributed by atoms with Gasteiger partial charge in [-0.1, -0.05) is 37.6 Å². The lowest BCUT2D eigenvalue weighted by Crippen LogP contribution is -2.24. The van der Waals surface area contributed by atoms with Crippen LogP contribution in [0, 0.1) is 11.3 Å². The van der Waals surface area contributed by atoms with E-state index in [2.05, 4.69) is 22.9 Å². The number of fused-ring (bicyclic) bond motifs is 1. The Kier molecular flexibility index (Phi) is 4.58. The third-order valence-electron chi connectivity index (χ3n) is 3.79. The van der Waals surface area contributed by atoms with Gasteiger partial charge in [0.05, 0.1) is 11.6 Å². The Morgan fingerprint density at radius 3 is 2.61 bits per heavy atom. The number of benzene rings is 2. The molecule has 0 bridgehead atoms. The van der Waals surface area contributed by atoms with Crippen molar-refractivity contribution in [3.05, 3.63) is 59.7 Å². The molecule has 0 aliphatic heterocycles. The third kappa shape index (κ3) is 3.51. The Morgan fingerprint density at radius 1 is 1.13 bits per heavy atom. The molecule has 0 atom stereocenters. The lowest BCUT2D eigenvalue weighted by atomic mass is 10.1. The summed E-state index contributed by atoms with van der Waals surface area (Å²) in [6.45, 7) is 3.79. The summed E-state index contributed by atoms with van der Waals surface area (Å²) in [5.41, 5.74) is 3.51. The first kappa shape index (κ1) is 15.1. The molecule has 4 heteroatoms. The van der Waals surface area contributed by atoms with Crippen molar-refractivity contribution in [2.45, 2.75) is 26.3 Å². The number of hydrogen-bond donors (Lipinski definition) is 0. The van der Waals surface area contributed by atoms with E-state index in [4.69, 9.17) is 9.68 Å². The Labute approximate surface area is 136 Å². The minimum absolute atomic E-state index is 0.656. The average Bonchev–Trinajstić information content (AvgIpc) is 3.03. The van der Waals surface area contributed by atoms with E-state index in [0.717, 1.165) is 42.6 Å². The number of hydrogen-bond acceptors (Lipinski definition) is 4. The van der Waals surface area contributed by atoms with Gasteiger partial charge in [0.1, 0.15) is 5.52 Å². The van der Waals surface area contributed by atoms with E-state index in [1.54, 1.807) is 0 Å². The van der Waals surface area contributed by atoms with Gasteiger partial charge in [-0.15, -0.1) is 0 Å². The van der Waals surface area contributed by atoms with Crippen molar-refractivity contribution < 1.29 is 4.42 Å². The molecular weight excluding hydrogens is 286 g/mol. The average molecular weight is 305 g/mol. The molecule has 0 aliphatic rings. The molecule has 0 N–H and O–H groups in total. The van der Waals surface area contributed by atoms with Gasteiger partial charge < -0.3 is 9.32 Å². The molecule has 1 heterocycles. The zero-order chi connectivity index (χ0) is 16.1. The maximum atomic E-state index is 8.90. The third-order valence-corrected chi connectivity index (χ3v) is 3.79.